The lowest BCUT2D eigenvalue weighted by Crippen LogP contribution is -2.38. The minimum absolute atomic E-state index is 0.0371. The molecule has 1 saturated carbocycles. The molecular weight excluding hydrogens is 241 g/mol. The van der Waals surface area contributed by atoms with E-state index in [0.29, 0.717) is 11.5 Å². The molecule has 19 heavy (non-hydrogen) atoms. The second-order valence-corrected chi connectivity index (χ2v) is 6.55. The van der Waals surface area contributed by atoms with E-state index in [0.717, 1.165) is 12.0 Å². The molecule has 1 aliphatic rings. The van der Waals surface area contributed by atoms with Gasteiger partial charge in [0.05, 0.1) is 0 Å². The Morgan fingerprint density at radius 2 is 2.16 bits per heavy atom. The van der Waals surface area contributed by atoms with Crippen molar-refractivity contribution in [3.8, 4) is 5.75 Å². The molecule has 2 nitrogen and oxygen atoms in total. The SMILES string of the molecule is CC(NC1CCCC(C)(C)C1)c1ccc(F)cc1O. The molecule has 0 radical (unpaired) electrons. The van der Waals surface area contributed by atoms with E-state index >= 15 is 0 Å². The Bertz CT molecular complexity index is 444. The first kappa shape index (κ1) is 14.3. The molecule has 1 fully saturated rings. The third-order valence-corrected chi connectivity index (χ3v) is 4.15. The fraction of sp³-hybridized carbons (Fsp3) is 0.625. The van der Waals surface area contributed by atoms with Crippen molar-refractivity contribution in [3.63, 3.8) is 0 Å². The lowest BCUT2D eigenvalue weighted by atomic mass is 9.75. The molecule has 2 atom stereocenters. The Hall–Kier alpha value is -1.09. The zero-order valence-corrected chi connectivity index (χ0v) is 12.0. The second kappa shape index (κ2) is 5.49. The summed E-state index contributed by atoms with van der Waals surface area (Å²) in [6.45, 7) is 6.64. The van der Waals surface area contributed by atoms with Gasteiger partial charge in [0.25, 0.3) is 0 Å². The molecule has 106 valence electrons. The van der Waals surface area contributed by atoms with Gasteiger partial charge in [0.15, 0.2) is 0 Å². The van der Waals surface area contributed by atoms with Crippen molar-refractivity contribution in [2.75, 3.05) is 0 Å². The predicted molar refractivity (Wildman–Crippen MR) is 75.7 cm³/mol. The number of benzene rings is 1. The number of halogens is 1. The van der Waals surface area contributed by atoms with Crippen molar-refractivity contribution >= 4 is 0 Å². The molecule has 0 spiro atoms. The van der Waals surface area contributed by atoms with Crippen LogP contribution in [0.4, 0.5) is 4.39 Å². The van der Waals surface area contributed by atoms with E-state index in [-0.39, 0.29) is 11.8 Å². The minimum atomic E-state index is -0.396. The summed E-state index contributed by atoms with van der Waals surface area (Å²) in [5, 5.41) is 13.4. The molecule has 1 aromatic carbocycles. The predicted octanol–water partition coefficient (Wildman–Crippen LogP) is 4.15. The normalized spacial score (nSPS) is 24.1. The van der Waals surface area contributed by atoms with Crippen LogP contribution >= 0.6 is 0 Å². The van der Waals surface area contributed by atoms with Crippen molar-refractivity contribution in [1.29, 1.82) is 0 Å². The summed E-state index contributed by atoms with van der Waals surface area (Å²) in [5.74, 6) is -0.359. The van der Waals surface area contributed by atoms with Crippen molar-refractivity contribution in [2.24, 2.45) is 5.41 Å². The van der Waals surface area contributed by atoms with Gasteiger partial charge in [0.2, 0.25) is 0 Å². The van der Waals surface area contributed by atoms with E-state index in [9.17, 15) is 9.50 Å². The minimum Gasteiger partial charge on any atom is -0.508 e. The third kappa shape index (κ3) is 3.69. The fourth-order valence-electron chi connectivity index (χ4n) is 3.17. The van der Waals surface area contributed by atoms with E-state index in [2.05, 4.69) is 19.2 Å². The molecule has 3 heteroatoms. The van der Waals surface area contributed by atoms with Gasteiger partial charge in [0, 0.05) is 23.7 Å². The van der Waals surface area contributed by atoms with Crippen LogP contribution < -0.4 is 5.32 Å². The summed E-state index contributed by atoms with van der Waals surface area (Å²) in [6, 6.07) is 4.76. The van der Waals surface area contributed by atoms with Crippen LogP contribution in [0, 0.1) is 11.2 Å². The van der Waals surface area contributed by atoms with Gasteiger partial charge < -0.3 is 10.4 Å². The Balaban J connectivity index is 2.02. The largest absolute Gasteiger partial charge is 0.508 e. The Labute approximate surface area is 115 Å². The second-order valence-electron chi connectivity index (χ2n) is 6.55. The Kier molecular flexibility index (Phi) is 4.14. The van der Waals surface area contributed by atoms with Crippen LogP contribution in [-0.2, 0) is 0 Å². The summed E-state index contributed by atoms with van der Waals surface area (Å²) >= 11 is 0. The van der Waals surface area contributed by atoms with E-state index < -0.39 is 5.82 Å². The summed E-state index contributed by atoms with van der Waals surface area (Å²) in [6.07, 6.45) is 4.85. The maximum absolute atomic E-state index is 13.0. The Morgan fingerprint density at radius 1 is 1.42 bits per heavy atom. The summed E-state index contributed by atoms with van der Waals surface area (Å²) < 4.78 is 13.0. The third-order valence-electron chi connectivity index (χ3n) is 4.15. The van der Waals surface area contributed by atoms with Gasteiger partial charge in [-0.15, -0.1) is 0 Å². The molecule has 2 rings (SSSR count). The number of nitrogens with one attached hydrogen (secondary N) is 1. The van der Waals surface area contributed by atoms with E-state index in [1.54, 1.807) is 6.07 Å². The van der Waals surface area contributed by atoms with Crippen molar-refractivity contribution in [1.82, 2.24) is 5.32 Å². The highest BCUT2D eigenvalue weighted by Gasteiger charge is 2.28. The van der Waals surface area contributed by atoms with Crippen LogP contribution in [0.25, 0.3) is 0 Å². The quantitative estimate of drug-likeness (QED) is 0.860. The van der Waals surface area contributed by atoms with Gasteiger partial charge >= 0.3 is 0 Å². The van der Waals surface area contributed by atoms with Crippen molar-refractivity contribution < 1.29 is 9.50 Å². The molecule has 0 saturated heterocycles. The van der Waals surface area contributed by atoms with Crippen LogP contribution in [0.3, 0.4) is 0 Å². The summed E-state index contributed by atoms with van der Waals surface area (Å²) in [5.41, 5.74) is 1.16. The maximum Gasteiger partial charge on any atom is 0.126 e. The van der Waals surface area contributed by atoms with Crippen LogP contribution in [0.1, 0.15) is 58.1 Å². The van der Waals surface area contributed by atoms with E-state index in [1.807, 2.05) is 6.92 Å². The fourth-order valence-corrected chi connectivity index (χ4v) is 3.17. The number of phenols is 1. The number of aromatic hydroxyl groups is 1. The number of hydrogen-bond donors (Lipinski definition) is 2. The van der Waals surface area contributed by atoms with Gasteiger partial charge in [-0.25, -0.2) is 4.39 Å². The standard InChI is InChI=1S/C16H24FNO/c1-11(14-7-6-12(17)9-15(14)19)18-13-5-4-8-16(2,3)10-13/h6-7,9,11,13,18-19H,4-5,8,10H2,1-3H3. The van der Waals surface area contributed by atoms with E-state index in [4.69, 9.17) is 0 Å². The number of rotatable bonds is 3. The molecule has 0 aromatic heterocycles. The molecule has 1 aliphatic carbocycles. The van der Waals surface area contributed by atoms with Gasteiger partial charge in [0.1, 0.15) is 11.6 Å². The van der Waals surface area contributed by atoms with Crippen LogP contribution in [0.5, 0.6) is 5.75 Å². The highest BCUT2D eigenvalue weighted by molar-refractivity contribution is 5.34. The highest BCUT2D eigenvalue weighted by atomic mass is 19.1. The molecule has 0 aliphatic heterocycles. The van der Waals surface area contributed by atoms with Gasteiger partial charge in [-0.05, 0) is 37.7 Å². The first-order valence-corrected chi connectivity index (χ1v) is 7.12. The summed E-state index contributed by atoms with van der Waals surface area (Å²) in [4.78, 5) is 0. The first-order chi connectivity index (χ1) is 8.87. The van der Waals surface area contributed by atoms with Gasteiger partial charge in [-0.2, -0.15) is 0 Å². The zero-order chi connectivity index (χ0) is 14.0. The maximum atomic E-state index is 13.0. The molecule has 2 N–H and O–H groups in total. The van der Waals surface area contributed by atoms with Crippen LogP contribution in [0.15, 0.2) is 18.2 Å². The molecule has 1 aromatic rings. The lowest BCUT2D eigenvalue weighted by molar-refractivity contribution is 0.190. The first-order valence-electron chi connectivity index (χ1n) is 7.12. The molecule has 0 heterocycles. The molecule has 0 amide bonds. The average molecular weight is 265 g/mol. The molecule has 2 unspecified atom stereocenters. The molecule has 0 bridgehead atoms. The smallest absolute Gasteiger partial charge is 0.126 e. The topological polar surface area (TPSA) is 32.3 Å². The number of phenolic OH excluding ortho intramolecular Hbond substituents is 1. The lowest BCUT2D eigenvalue weighted by Gasteiger charge is -2.37. The molecular formula is C16H24FNO. The van der Waals surface area contributed by atoms with E-state index in [1.165, 1.54) is 31.4 Å². The van der Waals surface area contributed by atoms with Crippen LogP contribution in [0.2, 0.25) is 0 Å². The average Bonchev–Trinajstić information content (AvgIpc) is 2.27. The summed E-state index contributed by atoms with van der Waals surface area (Å²) in [7, 11) is 0. The van der Waals surface area contributed by atoms with Gasteiger partial charge in [-0.1, -0.05) is 26.3 Å². The highest BCUT2D eigenvalue weighted by Crippen LogP contribution is 2.36. The number of hydrogen-bond acceptors (Lipinski definition) is 2. The zero-order valence-electron chi connectivity index (χ0n) is 12.0. The van der Waals surface area contributed by atoms with Crippen LogP contribution in [-0.4, -0.2) is 11.1 Å². The van der Waals surface area contributed by atoms with Crippen molar-refractivity contribution in [2.45, 2.75) is 58.5 Å². The monoisotopic (exact) mass is 265 g/mol. The van der Waals surface area contributed by atoms with Gasteiger partial charge in [-0.3, -0.25) is 0 Å². The Morgan fingerprint density at radius 3 is 2.79 bits per heavy atom. The van der Waals surface area contributed by atoms with Crippen molar-refractivity contribution in [3.05, 3.63) is 29.6 Å².